The standard InChI is InChI=1S/C21H32N6O3.HI/c1-15(30-18-8-5-7-17(11-18)28-4)12-22-21(23-13-19-9-6-10-29-19)24-14-20-26-25-16(2)27(20)3;/h5,7-8,11,15,19H,6,9-10,12-14H2,1-4H3,(H2,22,23,24);1H. The van der Waals surface area contributed by atoms with Crippen molar-refractivity contribution in [2.45, 2.75) is 45.4 Å². The van der Waals surface area contributed by atoms with Gasteiger partial charge in [-0.05, 0) is 38.8 Å². The van der Waals surface area contributed by atoms with Gasteiger partial charge < -0.3 is 29.4 Å². The minimum absolute atomic E-state index is 0. The van der Waals surface area contributed by atoms with E-state index in [9.17, 15) is 0 Å². The summed E-state index contributed by atoms with van der Waals surface area (Å²) >= 11 is 0. The fraction of sp³-hybridized carbons (Fsp3) is 0.571. The van der Waals surface area contributed by atoms with Gasteiger partial charge in [0.2, 0.25) is 0 Å². The number of rotatable bonds is 9. The highest BCUT2D eigenvalue weighted by molar-refractivity contribution is 14.0. The molecule has 1 aliphatic heterocycles. The summed E-state index contributed by atoms with van der Waals surface area (Å²) in [5.41, 5.74) is 0. The molecule has 2 atom stereocenters. The van der Waals surface area contributed by atoms with Crippen LogP contribution < -0.4 is 20.1 Å². The normalized spacial score (nSPS) is 17.0. The number of nitrogens with zero attached hydrogens (tertiary/aromatic N) is 4. The molecule has 2 unspecified atom stereocenters. The summed E-state index contributed by atoms with van der Waals surface area (Å²) in [6.45, 7) is 6.50. The SMILES string of the molecule is COc1cccc(OC(C)CNC(=NCc2nnc(C)n2C)NCC2CCCO2)c1.I. The molecule has 31 heavy (non-hydrogen) atoms. The van der Waals surface area contributed by atoms with E-state index in [0.29, 0.717) is 19.0 Å². The Labute approximate surface area is 201 Å². The van der Waals surface area contributed by atoms with E-state index < -0.39 is 0 Å². The fourth-order valence-corrected chi connectivity index (χ4v) is 3.12. The van der Waals surface area contributed by atoms with Crippen molar-refractivity contribution < 1.29 is 14.2 Å². The zero-order chi connectivity index (χ0) is 21.3. The van der Waals surface area contributed by atoms with Gasteiger partial charge in [-0.2, -0.15) is 0 Å². The van der Waals surface area contributed by atoms with Gasteiger partial charge in [0.05, 0.1) is 19.8 Å². The van der Waals surface area contributed by atoms with E-state index in [1.54, 1.807) is 7.11 Å². The highest BCUT2D eigenvalue weighted by Crippen LogP contribution is 2.19. The summed E-state index contributed by atoms with van der Waals surface area (Å²) in [6.07, 6.45) is 2.33. The van der Waals surface area contributed by atoms with E-state index >= 15 is 0 Å². The number of hydrogen-bond donors (Lipinski definition) is 2. The zero-order valence-electron chi connectivity index (χ0n) is 18.6. The van der Waals surface area contributed by atoms with Gasteiger partial charge in [0, 0.05) is 26.3 Å². The Morgan fingerprint density at radius 2 is 2.13 bits per heavy atom. The third-order valence-electron chi connectivity index (χ3n) is 5.02. The second-order valence-corrected chi connectivity index (χ2v) is 7.39. The molecule has 172 valence electrons. The number of hydrogen-bond acceptors (Lipinski definition) is 6. The van der Waals surface area contributed by atoms with Crippen molar-refractivity contribution in [3.8, 4) is 11.5 Å². The first-order chi connectivity index (χ1) is 14.5. The third kappa shape index (κ3) is 7.84. The maximum absolute atomic E-state index is 5.99. The van der Waals surface area contributed by atoms with Gasteiger partial charge >= 0.3 is 0 Å². The molecule has 0 amide bonds. The van der Waals surface area contributed by atoms with Crippen LogP contribution in [-0.2, 0) is 18.3 Å². The number of aliphatic imine (C=N–C) groups is 1. The van der Waals surface area contributed by atoms with Gasteiger partial charge in [-0.15, -0.1) is 34.2 Å². The quantitative estimate of drug-likeness (QED) is 0.285. The number of halogens is 1. The molecule has 2 N–H and O–H groups in total. The van der Waals surface area contributed by atoms with Gasteiger partial charge in [0.15, 0.2) is 11.8 Å². The number of nitrogens with one attached hydrogen (secondary N) is 2. The van der Waals surface area contributed by atoms with E-state index in [1.165, 1.54) is 0 Å². The maximum Gasteiger partial charge on any atom is 0.191 e. The summed E-state index contributed by atoms with van der Waals surface area (Å²) in [6, 6.07) is 7.59. The molecule has 2 heterocycles. The zero-order valence-corrected chi connectivity index (χ0v) is 21.0. The predicted molar refractivity (Wildman–Crippen MR) is 130 cm³/mol. The lowest BCUT2D eigenvalue weighted by Crippen LogP contribution is -2.44. The lowest BCUT2D eigenvalue weighted by atomic mass is 10.2. The molecule has 9 nitrogen and oxygen atoms in total. The topological polar surface area (TPSA) is 94.8 Å². The van der Waals surface area contributed by atoms with E-state index in [1.807, 2.05) is 49.7 Å². The van der Waals surface area contributed by atoms with Crippen molar-refractivity contribution in [1.82, 2.24) is 25.4 Å². The Balaban J connectivity index is 0.00000341. The Hall–Kier alpha value is -2.08. The second kappa shape index (κ2) is 12.7. The number of aryl methyl sites for hydroxylation is 1. The van der Waals surface area contributed by atoms with Crippen LogP contribution >= 0.6 is 24.0 Å². The molecule has 2 aromatic rings. The molecule has 1 aromatic heterocycles. The average Bonchev–Trinajstić information content (AvgIpc) is 3.38. The fourth-order valence-electron chi connectivity index (χ4n) is 3.12. The molecule has 3 rings (SSSR count). The molecule has 1 saturated heterocycles. The average molecular weight is 544 g/mol. The Morgan fingerprint density at radius 1 is 1.32 bits per heavy atom. The van der Waals surface area contributed by atoms with Crippen molar-refractivity contribution in [2.24, 2.45) is 12.0 Å². The lowest BCUT2D eigenvalue weighted by Gasteiger charge is -2.19. The molecule has 0 spiro atoms. The van der Waals surface area contributed by atoms with E-state index in [-0.39, 0.29) is 36.2 Å². The van der Waals surface area contributed by atoms with Crippen molar-refractivity contribution in [3.63, 3.8) is 0 Å². The van der Waals surface area contributed by atoms with Gasteiger partial charge in [-0.25, -0.2) is 4.99 Å². The van der Waals surface area contributed by atoms with Crippen LogP contribution in [0.1, 0.15) is 31.4 Å². The molecule has 0 aliphatic carbocycles. The largest absolute Gasteiger partial charge is 0.497 e. The summed E-state index contributed by atoms with van der Waals surface area (Å²) in [5, 5.41) is 15.0. The predicted octanol–water partition coefficient (Wildman–Crippen LogP) is 2.43. The second-order valence-electron chi connectivity index (χ2n) is 7.39. The van der Waals surface area contributed by atoms with Crippen LogP contribution in [0.25, 0.3) is 0 Å². The van der Waals surface area contributed by atoms with Crippen molar-refractivity contribution in [2.75, 3.05) is 26.8 Å². The molecule has 1 aromatic carbocycles. The molecule has 0 radical (unpaired) electrons. The van der Waals surface area contributed by atoms with Crippen molar-refractivity contribution in [1.29, 1.82) is 0 Å². The summed E-state index contributed by atoms with van der Waals surface area (Å²) < 4.78 is 18.9. The minimum Gasteiger partial charge on any atom is -0.497 e. The highest BCUT2D eigenvalue weighted by atomic mass is 127. The third-order valence-corrected chi connectivity index (χ3v) is 5.02. The van der Waals surface area contributed by atoms with Crippen LogP contribution in [-0.4, -0.2) is 59.7 Å². The van der Waals surface area contributed by atoms with Crippen molar-refractivity contribution in [3.05, 3.63) is 35.9 Å². The molecule has 0 saturated carbocycles. The van der Waals surface area contributed by atoms with E-state index in [2.05, 4.69) is 25.8 Å². The first kappa shape index (κ1) is 25.2. The molecule has 0 bridgehead atoms. The first-order valence-corrected chi connectivity index (χ1v) is 10.3. The smallest absolute Gasteiger partial charge is 0.191 e. The molecular formula is C21H33IN6O3. The number of methoxy groups -OCH3 is 1. The van der Waals surface area contributed by atoms with Crippen molar-refractivity contribution >= 4 is 29.9 Å². The van der Waals surface area contributed by atoms with Crippen LogP contribution in [0, 0.1) is 6.92 Å². The monoisotopic (exact) mass is 544 g/mol. The lowest BCUT2D eigenvalue weighted by molar-refractivity contribution is 0.113. The van der Waals surface area contributed by atoms with Gasteiger partial charge in [0.25, 0.3) is 0 Å². The first-order valence-electron chi connectivity index (χ1n) is 10.3. The Morgan fingerprint density at radius 3 is 2.81 bits per heavy atom. The van der Waals surface area contributed by atoms with Crippen LogP contribution in [0.2, 0.25) is 0 Å². The van der Waals surface area contributed by atoms with Gasteiger partial charge in [-0.1, -0.05) is 6.07 Å². The van der Waals surface area contributed by atoms with Crippen LogP contribution in [0.4, 0.5) is 0 Å². The van der Waals surface area contributed by atoms with Gasteiger partial charge in [-0.3, -0.25) is 0 Å². The molecule has 10 heteroatoms. The summed E-state index contributed by atoms with van der Waals surface area (Å²) in [4.78, 5) is 4.68. The number of aromatic nitrogens is 3. The highest BCUT2D eigenvalue weighted by Gasteiger charge is 2.16. The number of guanidine groups is 1. The van der Waals surface area contributed by atoms with E-state index in [4.69, 9.17) is 14.2 Å². The molecule has 1 fully saturated rings. The van der Waals surface area contributed by atoms with Crippen LogP contribution in [0.5, 0.6) is 11.5 Å². The summed E-state index contributed by atoms with van der Waals surface area (Å²) in [7, 11) is 3.59. The molecular weight excluding hydrogens is 511 g/mol. The number of benzene rings is 1. The van der Waals surface area contributed by atoms with Gasteiger partial charge in [0.1, 0.15) is 30.0 Å². The summed E-state index contributed by atoms with van der Waals surface area (Å²) in [5.74, 6) is 3.91. The van der Waals surface area contributed by atoms with Crippen LogP contribution in [0.3, 0.4) is 0 Å². The Kier molecular flexibility index (Phi) is 10.3. The number of ether oxygens (including phenoxy) is 3. The van der Waals surface area contributed by atoms with Crippen LogP contribution in [0.15, 0.2) is 29.3 Å². The Bertz CT molecular complexity index is 838. The molecule has 1 aliphatic rings. The minimum atomic E-state index is -0.0658. The maximum atomic E-state index is 5.99. The van der Waals surface area contributed by atoms with E-state index in [0.717, 1.165) is 49.1 Å².